The number of aromatic nitrogens is 3. The van der Waals surface area contributed by atoms with E-state index in [0.717, 1.165) is 25.7 Å². The van der Waals surface area contributed by atoms with Crippen molar-refractivity contribution in [3.05, 3.63) is 24.3 Å². The van der Waals surface area contributed by atoms with E-state index in [2.05, 4.69) is 30.3 Å². The Bertz CT molecular complexity index is 848. The lowest BCUT2D eigenvalue weighted by atomic mass is 10.2. The molecule has 0 unspecified atom stereocenters. The van der Waals surface area contributed by atoms with Crippen molar-refractivity contribution < 1.29 is 27.4 Å². The molecular weight excluding hydrogens is 441 g/mol. The van der Waals surface area contributed by atoms with Crippen LogP contribution in [0.2, 0.25) is 0 Å². The van der Waals surface area contributed by atoms with Gasteiger partial charge in [-0.1, -0.05) is 12.8 Å². The zero-order valence-corrected chi connectivity index (χ0v) is 18.2. The number of hydrogen-bond donors (Lipinski definition) is 3. The molecule has 0 atom stereocenters. The zero-order valence-electron chi connectivity index (χ0n) is 18.2. The summed E-state index contributed by atoms with van der Waals surface area (Å²) in [6.07, 6.45) is -0.384. The van der Waals surface area contributed by atoms with Gasteiger partial charge >= 0.3 is 6.36 Å². The van der Waals surface area contributed by atoms with Crippen LogP contribution in [-0.2, 0) is 9.47 Å². The smallest absolute Gasteiger partial charge is 0.406 e. The first kappa shape index (κ1) is 24.9. The Labute approximate surface area is 190 Å². The van der Waals surface area contributed by atoms with E-state index in [4.69, 9.17) is 15.2 Å². The highest BCUT2D eigenvalue weighted by Gasteiger charge is 2.31. The number of hydrogen-bond acceptors (Lipinski definition) is 9. The summed E-state index contributed by atoms with van der Waals surface area (Å²) < 4.78 is 51.9. The van der Waals surface area contributed by atoms with Crippen molar-refractivity contribution in [1.82, 2.24) is 15.0 Å². The molecule has 3 rings (SSSR count). The SMILES string of the molecule is NCCOCCOCCNc1nc(NC2CCCC2)nc(-c2ccc(OC(F)(F)F)cc2)n1. The van der Waals surface area contributed by atoms with Crippen molar-refractivity contribution in [3.8, 4) is 17.1 Å². The summed E-state index contributed by atoms with van der Waals surface area (Å²) in [7, 11) is 0. The fourth-order valence-electron chi connectivity index (χ4n) is 3.35. The van der Waals surface area contributed by atoms with Crippen LogP contribution in [0.1, 0.15) is 25.7 Å². The van der Waals surface area contributed by atoms with Crippen LogP contribution in [0.25, 0.3) is 11.4 Å². The topological polar surface area (TPSA) is 116 Å². The fourth-order valence-corrected chi connectivity index (χ4v) is 3.35. The number of halogens is 3. The average Bonchev–Trinajstić information content (AvgIpc) is 3.28. The summed E-state index contributed by atoms with van der Waals surface area (Å²) in [6, 6.07) is 5.69. The molecule has 4 N–H and O–H groups in total. The largest absolute Gasteiger partial charge is 0.573 e. The molecule has 182 valence electrons. The van der Waals surface area contributed by atoms with Crippen molar-refractivity contribution in [2.75, 3.05) is 50.2 Å². The van der Waals surface area contributed by atoms with Crippen LogP contribution in [0.15, 0.2) is 24.3 Å². The highest BCUT2D eigenvalue weighted by atomic mass is 19.4. The second-order valence-corrected chi connectivity index (χ2v) is 7.44. The molecule has 1 aliphatic carbocycles. The molecule has 0 bridgehead atoms. The number of ether oxygens (including phenoxy) is 3. The first-order valence-corrected chi connectivity index (χ1v) is 10.9. The Hall–Kier alpha value is -2.70. The normalized spacial score (nSPS) is 14.4. The maximum atomic E-state index is 12.4. The fraction of sp³-hybridized carbons (Fsp3) is 0.571. The number of nitrogens with two attached hydrogens (primary N) is 1. The van der Waals surface area contributed by atoms with Gasteiger partial charge in [0.25, 0.3) is 0 Å². The van der Waals surface area contributed by atoms with Gasteiger partial charge in [-0.3, -0.25) is 0 Å². The van der Waals surface area contributed by atoms with Crippen LogP contribution < -0.4 is 21.1 Å². The van der Waals surface area contributed by atoms with E-state index in [9.17, 15) is 13.2 Å². The summed E-state index contributed by atoms with van der Waals surface area (Å²) in [6.45, 7) is 2.76. The van der Waals surface area contributed by atoms with Crippen molar-refractivity contribution in [2.24, 2.45) is 5.73 Å². The van der Waals surface area contributed by atoms with Crippen molar-refractivity contribution >= 4 is 11.9 Å². The van der Waals surface area contributed by atoms with Gasteiger partial charge in [-0.05, 0) is 37.1 Å². The number of nitrogens with zero attached hydrogens (tertiary/aromatic N) is 3. The molecule has 0 radical (unpaired) electrons. The van der Waals surface area contributed by atoms with E-state index in [1.807, 2.05) is 0 Å². The van der Waals surface area contributed by atoms with Gasteiger partial charge in [-0.2, -0.15) is 15.0 Å². The van der Waals surface area contributed by atoms with Crippen LogP contribution in [-0.4, -0.2) is 66.9 Å². The van der Waals surface area contributed by atoms with Gasteiger partial charge in [0, 0.05) is 24.7 Å². The molecule has 9 nitrogen and oxygen atoms in total. The van der Waals surface area contributed by atoms with Gasteiger partial charge in [-0.15, -0.1) is 13.2 Å². The Morgan fingerprint density at radius 3 is 2.24 bits per heavy atom. The monoisotopic (exact) mass is 470 g/mol. The molecule has 0 spiro atoms. The molecular formula is C21H29F3N6O3. The van der Waals surface area contributed by atoms with E-state index in [1.54, 1.807) is 0 Å². The third kappa shape index (κ3) is 8.98. The minimum absolute atomic E-state index is 0.285. The van der Waals surface area contributed by atoms with E-state index in [-0.39, 0.29) is 11.8 Å². The van der Waals surface area contributed by atoms with Crippen molar-refractivity contribution in [1.29, 1.82) is 0 Å². The van der Waals surface area contributed by atoms with Crippen LogP contribution in [0, 0.1) is 0 Å². The van der Waals surface area contributed by atoms with Gasteiger partial charge in [0.15, 0.2) is 5.82 Å². The molecule has 1 fully saturated rings. The second kappa shape index (κ2) is 12.5. The standard InChI is InChI=1S/C21H29F3N6O3/c22-21(23,24)33-17-7-5-15(6-8-17)18-28-19(26-10-12-32-14-13-31-11-9-25)30-20(29-18)27-16-3-1-2-4-16/h5-8,16H,1-4,9-14,25H2,(H2,26,27,28,29,30). The van der Waals surface area contributed by atoms with Crippen LogP contribution in [0.4, 0.5) is 25.1 Å². The van der Waals surface area contributed by atoms with E-state index < -0.39 is 6.36 Å². The first-order chi connectivity index (χ1) is 15.9. The van der Waals surface area contributed by atoms with Crippen LogP contribution in [0.3, 0.4) is 0 Å². The average molecular weight is 470 g/mol. The lowest BCUT2D eigenvalue weighted by molar-refractivity contribution is -0.274. The number of anilines is 2. The van der Waals surface area contributed by atoms with Gasteiger partial charge < -0.3 is 30.6 Å². The minimum Gasteiger partial charge on any atom is -0.406 e. The highest BCUT2D eigenvalue weighted by Crippen LogP contribution is 2.27. The van der Waals surface area contributed by atoms with Gasteiger partial charge in [0.05, 0.1) is 26.4 Å². The molecule has 1 aliphatic rings. The van der Waals surface area contributed by atoms with Crippen molar-refractivity contribution in [3.63, 3.8) is 0 Å². The highest BCUT2D eigenvalue weighted by molar-refractivity contribution is 5.59. The summed E-state index contributed by atoms with van der Waals surface area (Å²) in [5.41, 5.74) is 5.89. The molecule has 2 aromatic rings. The summed E-state index contributed by atoms with van der Waals surface area (Å²) in [5.74, 6) is 0.790. The van der Waals surface area contributed by atoms with Crippen LogP contribution in [0.5, 0.6) is 5.75 Å². The molecule has 1 aromatic carbocycles. The molecule has 12 heteroatoms. The van der Waals surface area contributed by atoms with E-state index in [0.29, 0.717) is 62.8 Å². The summed E-state index contributed by atoms with van der Waals surface area (Å²) in [4.78, 5) is 13.3. The van der Waals surface area contributed by atoms with E-state index >= 15 is 0 Å². The molecule has 33 heavy (non-hydrogen) atoms. The predicted molar refractivity (Wildman–Crippen MR) is 117 cm³/mol. The Morgan fingerprint density at radius 2 is 1.58 bits per heavy atom. The Kier molecular flexibility index (Phi) is 9.46. The molecule has 1 aromatic heterocycles. The first-order valence-electron chi connectivity index (χ1n) is 10.9. The third-order valence-corrected chi connectivity index (χ3v) is 4.83. The van der Waals surface area contributed by atoms with Crippen molar-refractivity contribution in [2.45, 2.75) is 38.1 Å². The van der Waals surface area contributed by atoms with Gasteiger partial charge in [-0.25, -0.2) is 0 Å². The third-order valence-electron chi connectivity index (χ3n) is 4.83. The van der Waals surface area contributed by atoms with Crippen LogP contribution >= 0.6 is 0 Å². The molecule has 0 amide bonds. The van der Waals surface area contributed by atoms with E-state index in [1.165, 1.54) is 24.3 Å². The maximum Gasteiger partial charge on any atom is 0.573 e. The Morgan fingerprint density at radius 1 is 0.909 bits per heavy atom. The lowest BCUT2D eigenvalue weighted by Crippen LogP contribution is -2.19. The predicted octanol–water partition coefficient (Wildman–Crippen LogP) is 3.20. The Balaban J connectivity index is 1.64. The van der Waals surface area contributed by atoms with Gasteiger partial charge in [0.2, 0.25) is 11.9 Å². The summed E-state index contributed by atoms with van der Waals surface area (Å²) in [5, 5.41) is 6.43. The minimum atomic E-state index is -4.75. The zero-order chi connectivity index (χ0) is 23.5. The number of benzene rings is 1. The maximum absolute atomic E-state index is 12.4. The number of nitrogens with one attached hydrogen (secondary N) is 2. The quantitative estimate of drug-likeness (QED) is 0.380. The number of rotatable bonds is 13. The lowest BCUT2D eigenvalue weighted by Gasteiger charge is -2.14. The molecule has 0 saturated heterocycles. The summed E-state index contributed by atoms with van der Waals surface area (Å²) >= 11 is 0. The number of alkyl halides is 3. The molecule has 1 heterocycles. The van der Waals surface area contributed by atoms with Gasteiger partial charge in [0.1, 0.15) is 5.75 Å². The molecule has 1 saturated carbocycles. The second-order valence-electron chi connectivity index (χ2n) is 7.44. The molecule has 0 aliphatic heterocycles.